The van der Waals surface area contributed by atoms with E-state index in [1.807, 2.05) is 0 Å². The molecule has 8 heteroatoms. The van der Waals surface area contributed by atoms with Crippen molar-refractivity contribution in [3.8, 4) is 0 Å². The van der Waals surface area contributed by atoms with Gasteiger partial charge in [0.25, 0.3) is 5.91 Å². The molecule has 0 bridgehead atoms. The maximum atomic E-state index is 11.4. The number of nitrogens with two attached hydrogens (primary N) is 1. The minimum atomic E-state index is -0.756. The number of rotatable bonds is 16. The molecule has 2 saturated carbocycles. The molecule has 0 aromatic rings. The summed E-state index contributed by atoms with van der Waals surface area (Å²) in [4.78, 5) is 21.6. The Morgan fingerprint density at radius 1 is 0.705 bits per heavy atom. The van der Waals surface area contributed by atoms with Crippen LogP contribution < -0.4 is 16.4 Å². The van der Waals surface area contributed by atoms with E-state index in [0.29, 0.717) is 0 Å². The standard InChI is InChI=1S/C12H23N.C11H21NO2.C8H14O3.C4H11N.CH4/c1-3-7-11(8-4-1)13-12-9-5-2-6-10-12;1-3-5-7-9-10(14-9)11(13)12-8-6-4-2;1-2-3-4-6-7(11-6)5-8(9)10;1-2-3-4-5;/h11-13H,1-10H2;9-10H,3-8H2,1-2H3,(H,12,13);6-7H,2-5H2,1H3,(H,9,10);2-5H2,1H3;1H4/t;9-,10+;6-,7-;;/m.11../s1. The first-order valence-corrected chi connectivity index (χ1v) is 18.2. The van der Waals surface area contributed by atoms with Gasteiger partial charge < -0.3 is 30.9 Å². The van der Waals surface area contributed by atoms with Crippen molar-refractivity contribution in [1.29, 1.82) is 0 Å². The van der Waals surface area contributed by atoms with Crippen molar-refractivity contribution in [1.82, 2.24) is 10.6 Å². The molecule has 2 aliphatic carbocycles. The van der Waals surface area contributed by atoms with Gasteiger partial charge in [0.15, 0.2) is 6.10 Å². The number of nitrogens with one attached hydrogen (secondary N) is 2. The van der Waals surface area contributed by atoms with Crippen LogP contribution in [0, 0.1) is 0 Å². The number of epoxide rings is 2. The van der Waals surface area contributed by atoms with Crippen molar-refractivity contribution in [2.24, 2.45) is 5.73 Å². The highest BCUT2D eigenvalue weighted by molar-refractivity contribution is 5.83. The maximum absolute atomic E-state index is 11.4. The van der Waals surface area contributed by atoms with Crippen molar-refractivity contribution < 1.29 is 24.2 Å². The molecule has 2 saturated heterocycles. The van der Waals surface area contributed by atoms with Gasteiger partial charge in [0.05, 0.1) is 24.7 Å². The number of hydrogen-bond donors (Lipinski definition) is 4. The maximum Gasteiger partial charge on any atom is 0.306 e. The highest BCUT2D eigenvalue weighted by Crippen LogP contribution is 2.29. The number of hydrogen-bond acceptors (Lipinski definition) is 6. The number of aliphatic carboxylic acids is 1. The zero-order chi connectivity index (χ0) is 31.7. The van der Waals surface area contributed by atoms with Gasteiger partial charge >= 0.3 is 5.97 Å². The van der Waals surface area contributed by atoms with E-state index >= 15 is 0 Å². The van der Waals surface area contributed by atoms with Gasteiger partial charge in [-0.2, -0.15) is 0 Å². The zero-order valence-corrected chi connectivity index (χ0v) is 28.4. The van der Waals surface area contributed by atoms with Gasteiger partial charge in [0.2, 0.25) is 0 Å². The summed E-state index contributed by atoms with van der Waals surface area (Å²) in [6.07, 6.45) is 26.3. The number of amides is 1. The normalized spacial score (nSPS) is 24.1. The van der Waals surface area contributed by atoms with Crippen molar-refractivity contribution >= 4 is 11.9 Å². The Hall–Kier alpha value is -1.22. The second-order valence-electron chi connectivity index (χ2n) is 12.8. The average molecular weight is 628 g/mol. The molecule has 1 amide bonds. The summed E-state index contributed by atoms with van der Waals surface area (Å²) in [7, 11) is 0. The molecule has 2 aliphatic heterocycles. The molecule has 0 aromatic carbocycles. The van der Waals surface area contributed by atoms with E-state index in [4.69, 9.17) is 20.3 Å². The van der Waals surface area contributed by atoms with Crippen LogP contribution in [0.2, 0.25) is 0 Å². The van der Waals surface area contributed by atoms with Gasteiger partial charge in [-0.05, 0) is 57.9 Å². The van der Waals surface area contributed by atoms with Crippen LogP contribution in [0.3, 0.4) is 0 Å². The molecule has 262 valence electrons. The van der Waals surface area contributed by atoms with Gasteiger partial charge in [-0.15, -0.1) is 0 Å². The predicted molar refractivity (Wildman–Crippen MR) is 184 cm³/mol. The molecular weight excluding hydrogens is 554 g/mol. The number of unbranched alkanes of at least 4 members (excludes halogenated alkanes) is 4. The molecule has 0 unspecified atom stereocenters. The smallest absolute Gasteiger partial charge is 0.306 e. The molecule has 0 radical (unpaired) electrons. The highest BCUT2D eigenvalue weighted by Gasteiger charge is 2.43. The van der Waals surface area contributed by atoms with Gasteiger partial charge in [0, 0.05) is 18.6 Å². The van der Waals surface area contributed by atoms with Crippen LogP contribution in [-0.2, 0) is 19.1 Å². The third kappa shape index (κ3) is 22.3. The fraction of sp³-hybridized carbons (Fsp3) is 0.944. The van der Waals surface area contributed by atoms with E-state index < -0.39 is 5.97 Å². The topological polar surface area (TPSA) is 130 Å². The fourth-order valence-corrected chi connectivity index (χ4v) is 5.75. The highest BCUT2D eigenvalue weighted by atomic mass is 16.6. The quantitative estimate of drug-likeness (QED) is 0.101. The van der Waals surface area contributed by atoms with Crippen LogP contribution in [0.4, 0.5) is 0 Å². The fourth-order valence-electron chi connectivity index (χ4n) is 5.75. The zero-order valence-electron chi connectivity index (χ0n) is 28.4. The lowest BCUT2D eigenvalue weighted by Crippen LogP contribution is -2.40. The Kier molecular flexibility index (Phi) is 27.3. The number of carbonyl (C=O) groups is 2. The summed E-state index contributed by atoms with van der Waals surface area (Å²) in [6.45, 7) is 10.1. The van der Waals surface area contributed by atoms with E-state index in [-0.39, 0.29) is 44.2 Å². The van der Waals surface area contributed by atoms with Gasteiger partial charge in [-0.3, -0.25) is 9.59 Å². The summed E-state index contributed by atoms with van der Waals surface area (Å²) in [5.41, 5.74) is 5.14. The third-order valence-corrected chi connectivity index (χ3v) is 8.66. The van der Waals surface area contributed by atoms with Crippen LogP contribution in [0.1, 0.15) is 170 Å². The molecule has 8 nitrogen and oxygen atoms in total. The first-order chi connectivity index (χ1) is 20.9. The number of carbonyl (C=O) groups excluding carboxylic acids is 1. The van der Waals surface area contributed by atoms with Crippen molar-refractivity contribution in [2.75, 3.05) is 13.1 Å². The van der Waals surface area contributed by atoms with Crippen molar-refractivity contribution in [3.63, 3.8) is 0 Å². The molecule has 5 N–H and O–H groups in total. The van der Waals surface area contributed by atoms with Crippen LogP contribution in [0.15, 0.2) is 0 Å². The largest absolute Gasteiger partial charge is 0.481 e. The van der Waals surface area contributed by atoms with Gasteiger partial charge in [-0.1, -0.05) is 112 Å². The second kappa shape index (κ2) is 28.0. The Bertz CT molecular complexity index is 665. The third-order valence-electron chi connectivity index (χ3n) is 8.66. The van der Waals surface area contributed by atoms with E-state index in [9.17, 15) is 9.59 Å². The van der Waals surface area contributed by atoms with E-state index in [1.165, 1.54) is 83.5 Å². The first kappa shape index (κ1) is 42.8. The molecule has 4 atom stereocenters. The average Bonchev–Trinajstić information content (AvgIpc) is 3.94. The van der Waals surface area contributed by atoms with Crippen LogP contribution in [-0.4, -0.2) is 66.6 Å². The van der Waals surface area contributed by atoms with Gasteiger partial charge in [0.1, 0.15) is 0 Å². The Labute approximate surface area is 271 Å². The second-order valence-corrected chi connectivity index (χ2v) is 12.8. The lowest BCUT2D eigenvalue weighted by atomic mass is 9.91. The van der Waals surface area contributed by atoms with Crippen LogP contribution >= 0.6 is 0 Å². The minimum Gasteiger partial charge on any atom is -0.481 e. The number of carboxylic acids is 1. The summed E-state index contributed by atoms with van der Waals surface area (Å²) >= 11 is 0. The summed E-state index contributed by atoms with van der Waals surface area (Å²) in [5, 5.41) is 15.1. The van der Waals surface area contributed by atoms with Crippen molar-refractivity contribution in [2.45, 2.75) is 206 Å². The summed E-state index contributed by atoms with van der Waals surface area (Å²) in [6, 6.07) is 1.74. The first-order valence-electron chi connectivity index (χ1n) is 18.2. The molecule has 4 fully saturated rings. The minimum absolute atomic E-state index is 0. The van der Waals surface area contributed by atoms with Crippen molar-refractivity contribution in [3.05, 3.63) is 0 Å². The van der Waals surface area contributed by atoms with Crippen LogP contribution in [0.25, 0.3) is 0 Å². The Balaban J connectivity index is 0.000000582. The lowest BCUT2D eigenvalue weighted by molar-refractivity contribution is -0.137. The van der Waals surface area contributed by atoms with E-state index in [0.717, 1.165) is 70.1 Å². The summed E-state index contributed by atoms with van der Waals surface area (Å²) < 4.78 is 10.4. The Morgan fingerprint density at radius 2 is 1.20 bits per heavy atom. The molecule has 0 aromatic heterocycles. The summed E-state index contributed by atoms with van der Waals surface area (Å²) in [5.74, 6) is -0.673. The molecule has 0 spiro atoms. The molecular formula is C36H73N3O5. The molecule has 4 rings (SSSR count). The molecule has 4 aliphatic rings. The van der Waals surface area contributed by atoms with Gasteiger partial charge in [-0.25, -0.2) is 0 Å². The number of carboxylic acid groups (broad SMARTS) is 1. The molecule has 44 heavy (non-hydrogen) atoms. The van der Waals surface area contributed by atoms with Crippen LogP contribution in [0.5, 0.6) is 0 Å². The Morgan fingerprint density at radius 3 is 1.64 bits per heavy atom. The predicted octanol–water partition coefficient (Wildman–Crippen LogP) is 7.90. The van der Waals surface area contributed by atoms with E-state index in [2.05, 4.69) is 38.3 Å². The lowest BCUT2D eigenvalue weighted by Gasteiger charge is -2.30. The van der Waals surface area contributed by atoms with E-state index in [1.54, 1.807) is 0 Å². The number of ether oxygens (including phenoxy) is 2. The monoisotopic (exact) mass is 628 g/mol. The SMILES string of the molecule is C.C1CCC(NC2CCCCC2)CC1.CCCCN.CCCCNC(=O)[C@H]1O[C@@H]1CCCC.CCCC[C@H]1O[C@@H]1CC(=O)O. The molecule has 2 heterocycles.